The molecule has 206 valence electrons. The third-order valence-corrected chi connectivity index (χ3v) is 8.01. The van der Waals surface area contributed by atoms with Crippen LogP contribution in [0.15, 0.2) is 88.0 Å². The maximum Gasteiger partial charge on any atom is 0.294 e. The maximum atomic E-state index is 13.4. The number of methoxy groups -OCH3 is 1. The third-order valence-electron chi connectivity index (χ3n) is 7.14. The lowest BCUT2D eigenvalue weighted by atomic mass is 9.90. The summed E-state index contributed by atoms with van der Waals surface area (Å²) in [7, 11) is -2.88. The van der Waals surface area contributed by atoms with E-state index in [1.54, 1.807) is 43.5 Å². The summed E-state index contributed by atoms with van der Waals surface area (Å²) in [5.74, 6) is 5.83. The van der Waals surface area contributed by atoms with Crippen LogP contribution in [0.25, 0.3) is 10.8 Å². The molecule has 0 spiro atoms. The van der Waals surface area contributed by atoms with E-state index < -0.39 is 22.1 Å². The summed E-state index contributed by atoms with van der Waals surface area (Å²) in [6.45, 7) is 0. The number of phenols is 1. The molecule has 0 saturated carbocycles. The van der Waals surface area contributed by atoms with Crippen molar-refractivity contribution in [1.29, 1.82) is 0 Å². The van der Waals surface area contributed by atoms with Crippen molar-refractivity contribution in [3.63, 3.8) is 0 Å². The van der Waals surface area contributed by atoms with E-state index in [0.29, 0.717) is 28.6 Å². The van der Waals surface area contributed by atoms with Crippen LogP contribution in [0.5, 0.6) is 11.5 Å². The molecule has 3 aromatic rings. The lowest BCUT2D eigenvalue weighted by molar-refractivity contribution is 0.102. The van der Waals surface area contributed by atoms with E-state index in [-0.39, 0.29) is 33.9 Å². The minimum Gasteiger partial charge on any atom is -0.505 e. The van der Waals surface area contributed by atoms with Gasteiger partial charge in [-0.1, -0.05) is 36.1 Å². The number of carbonyl (C=O) groups is 1. The van der Waals surface area contributed by atoms with Crippen LogP contribution in [-0.2, 0) is 10.1 Å². The first-order valence-corrected chi connectivity index (χ1v) is 14.2. The van der Waals surface area contributed by atoms with Crippen molar-refractivity contribution in [2.45, 2.75) is 24.4 Å². The Morgan fingerprint density at radius 1 is 1.20 bits per heavy atom. The highest BCUT2D eigenvalue weighted by Crippen LogP contribution is 2.49. The van der Waals surface area contributed by atoms with E-state index in [0.717, 1.165) is 11.3 Å². The molecule has 3 atom stereocenters. The van der Waals surface area contributed by atoms with E-state index >= 15 is 0 Å². The molecule has 3 unspecified atom stereocenters. The highest BCUT2D eigenvalue weighted by atomic mass is 32.2. The number of hydrogen-bond donors (Lipinski definition) is 4. The summed E-state index contributed by atoms with van der Waals surface area (Å²) in [5.41, 5.74) is 2.23. The molecule has 3 aromatic carbocycles. The van der Waals surface area contributed by atoms with Crippen LogP contribution in [0.3, 0.4) is 0 Å². The highest BCUT2D eigenvalue weighted by Gasteiger charge is 2.33. The first-order chi connectivity index (χ1) is 19.7. The van der Waals surface area contributed by atoms with Crippen molar-refractivity contribution >= 4 is 43.9 Å². The van der Waals surface area contributed by atoms with Crippen LogP contribution in [0.2, 0.25) is 0 Å². The van der Waals surface area contributed by atoms with E-state index in [1.165, 1.54) is 12.2 Å². The van der Waals surface area contributed by atoms with Crippen molar-refractivity contribution < 1.29 is 27.6 Å². The van der Waals surface area contributed by atoms with Gasteiger partial charge < -0.3 is 20.5 Å². The number of rotatable bonds is 6. The SMILES string of the molecule is COc1ccc(NC(=O)c2cc3ccc4c(c3c(N=NC3C=C(S(=O)(=O)O)C=CC3)c2O)NC2C#CC=CC42)cc1. The van der Waals surface area contributed by atoms with Crippen LogP contribution < -0.4 is 15.4 Å². The van der Waals surface area contributed by atoms with Crippen molar-refractivity contribution in [2.75, 3.05) is 17.7 Å². The Bertz CT molecular complexity index is 1880. The average Bonchev–Trinajstić information content (AvgIpc) is 3.35. The molecule has 1 amide bonds. The fourth-order valence-electron chi connectivity index (χ4n) is 5.13. The van der Waals surface area contributed by atoms with Gasteiger partial charge in [-0.05, 0) is 65.9 Å². The number of aromatic hydroxyl groups is 1. The number of anilines is 2. The second-order valence-electron chi connectivity index (χ2n) is 9.69. The van der Waals surface area contributed by atoms with Crippen LogP contribution in [0, 0.1) is 11.8 Å². The summed E-state index contributed by atoms with van der Waals surface area (Å²) >= 11 is 0. The zero-order valence-electron chi connectivity index (χ0n) is 21.7. The lowest BCUT2D eigenvalue weighted by Gasteiger charge is -2.15. The summed E-state index contributed by atoms with van der Waals surface area (Å²) in [6, 6.07) is 11.3. The van der Waals surface area contributed by atoms with Gasteiger partial charge >= 0.3 is 0 Å². The third kappa shape index (κ3) is 4.95. The topological polar surface area (TPSA) is 150 Å². The molecule has 3 aliphatic rings. The van der Waals surface area contributed by atoms with Crippen molar-refractivity contribution in [2.24, 2.45) is 10.2 Å². The van der Waals surface area contributed by atoms with Crippen molar-refractivity contribution in [1.82, 2.24) is 0 Å². The molecule has 6 rings (SSSR count). The quantitative estimate of drug-likeness (QED) is 0.176. The van der Waals surface area contributed by atoms with Gasteiger partial charge in [0.05, 0.1) is 29.7 Å². The van der Waals surface area contributed by atoms with Gasteiger partial charge in [0.2, 0.25) is 0 Å². The van der Waals surface area contributed by atoms with E-state index in [1.807, 2.05) is 24.3 Å². The molecule has 0 aromatic heterocycles. The Hall–Kier alpha value is -4.92. The zero-order valence-corrected chi connectivity index (χ0v) is 22.5. The van der Waals surface area contributed by atoms with Gasteiger partial charge in [0, 0.05) is 22.7 Å². The number of phenolic OH excluding ortho intramolecular Hbond substituents is 1. The molecule has 1 aliphatic heterocycles. The summed E-state index contributed by atoms with van der Waals surface area (Å²) in [4.78, 5) is 13.1. The smallest absolute Gasteiger partial charge is 0.294 e. The van der Waals surface area contributed by atoms with E-state index in [2.05, 4.69) is 32.7 Å². The molecule has 41 heavy (non-hydrogen) atoms. The molecular weight excluding hydrogens is 544 g/mol. The molecule has 0 saturated heterocycles. The first-order valence-electron chi connectivity index (χ1n) is 12.7. The van der Waals surface area contributed by atoms with Crippen LogP contribution in [-0.4, -0.2) is 43.2 Å². The average molecular weight is 569 g/mol. The Balaban J connectivity index is 1.46. The predicted molar refractivity (Wildman–Crippen MR) is 155 cm³/mol. The van der Waals surface area contributed by atoms with E-state index in [9.17, 15) is 22.9 Å². The molecule has 0 bridgehead atoms. The fourth-order valence-corrected chi connectivity index (χ4v) is 5.73. The number of nitrogens with one attached hydrogen (secondary N) is 2. The molecular formula is C30H24N4O6S. The highest BCUT2D eigenvalue weighted by molar-refractivity contribution is 7.90. The number of nitrogens with zero attached hydrogens (tertiary/aromatic N) is 2. The van der Waals surface area contributed by atoms with Gasteiger partial charge in [-0.15, -0.1) is 0 Å². The second kappa shape index (κ2) is 10.2. The molecule has 1 heterocycles. The van der Waals surface area contributed by atoms with Crippen LogP contribution >= 0.6 is 0 Å². The molecule has 0 radical (unpaired) electrons. The van der Waals surface area contributed by atoms with Gasteiger partial charge in [-0.3, -0.25) is 9.35 Å². The maximum absolute atomic E-state index is 13.4. The Labute approximate surface area is 235 Å². The standard InChI is InChI=1S/C30H24N4O6S/c1-40-20-12-10-18(11-13-20)31-30(36)24-15-17-9-14-23-22-7-2-3-8-25(22)32-27(23)26(17)28(29(24)35)34-33-19-5-4-6-21(16-19)41(37,38)39/h2,4,6-7,9-16,19,22,25,32,35H,5H2,1H3,(H,31,36)(H,37,38,39). The number of hydrogen-bond acceptors (Lipinski definition) is 8. The fraction of sp³-hybridized carbons (Fsp3) is 0.167. The number of benzene rings is 3. The Morgan fingerprint density at radius 3 is 2.76 bits per heavy atom. The summed E-state index contributed by atoms with van der Waals surface area (Å²) in [5, 5.41) is 27.5. The normalized spacial score (nSPS) is 20.5. The molecule has 2 aliphatic carbocycles. The molecule has 0 fully saturated rings. The van der Waals surface area contributed by atoms with Crippen molar-refractivity contribution in [3.8, 4) is 23.3 Å². The largest absolute Gasteiger partial charge is 0.505 e. The van der Waals surface area contributed by atoms with Gasteiger partial charge in [0.25, 0.3) is 16.0 Å². The minimum absolute atomic E-state index is 0.00404. The second-order valence-corrected chi connectivity index (χ2v) is 11.1. The number of fused-ring (bicyclic) bond motifs is 5. The Morgan fingerprint density at radius 2 is 2.00 bits per heavy atom. The lowest BCUT2D eigenvalue weighted by Crippen LogP contribution is -2.18. The number of allylic oxidation sites excluding steroid dienone is 2. The van der Waals surface area contributed by atoms with Crippen LogP contribution in [0.1, 0.15) is 28.3 Å². The van der Waals surface area contributed by atoms with E-state index in [4.69, 9.17) is 4.74 Å². The van der Waals surface area contributed by atoms with Gasteiger partial charge in [0.15, 0.2) is 5.75 Å². The first kappa shape index (κ1) is 26.3. The van der Waals surface area contributed by atoms with Crippen LogP contribution in [0.4, 0.5) is 17.1 Å². The monoisotopic (exact) mass is 568 g/mol. The number of azo groups is 1. The van der Waals surface area contributed by atoms with Gasteiger partial charge in [-0.25, -0.2) is 0 Å². The minimum atomic E-state index is -4.42. The number of carbonyl (C=O) groups excluding carboxylic acids is 1. The predicted octanol–water partition coefficient (Wildman–Crippen LogP) is 5.44. The Kier molecular flexibility index (Phi) is 6.57. The number of amides is 1. The molecule has 4 N–H and O–H groups in total. The summed E-state index contributed by atoms with van der Waals surface area (Å²) in [6.07, 6.45) is 8.31. The molecule has 11 heteroatoms. The zero-order chi connectivity index (χ0) is 28.7. The summed E-state index contributed by atoms with van der Waals surface area (Å²) < 4.78 is 37.9. The number of ether oxygens (including phenoxy) is 1. The van der Waals surface area contributed by atoms with Gasteiger partial charge in [0.1, 0.15) is 11.4 Å². The molecule has 10 nitrogen and oxygen atoms in total. The van der Waals surface area contributed by atoms with Crippen molar-refractivity contribution in [3.05, 3.63) is 88.9 Å². The van der Waals surface area contributed by atoms with Gasteiger partial charge in [-0.2, -0.15) is 18.6 Å².